The number of carbonyl (C=O) groups is 1. The maximum Gasteiger partial charge on any atom is 0.418 e. The third-order valence-corrected chi connectivity index (χ3v) is 3.50. The van der Waals surface area contributed by atoms with Crippen LogP contribution in [0.4, 0.5) is 35.0 Å². The summed E-state index contributed by atoms with van der Waals surface area (Å²) >= 11 is 0. The molecule has 1 amide bonds. The molecular weight excluding hydrogens is 319 g/mol. The molecule has 0 unspecified atom stereocenters. The number of nitrogens with one attached hydrogen (secondary N) is 1. The SMILES string of the molecule is CN(CC1CC1)c1cc(NC(=O)O)c([N+](=O)[O-])cc1C(F)(F)F. The lowest BCUT2D eigenvalue weighted by Crippen LogP contribution is -2.24. The number of halogens is 3. The minimum absolute atomic E-state index is 0.284. The number of nitrogens with zero attached hydrogens (tertiary/aromatic N) is 2. The zero-order valence-corrected chi connectivity index (χ0v) is 12.1. The Hall–Kier alpha value is -2.52. The first-order chi connectivity index (χ1) is 10.6. The van der Waals surface area contributed by atoms with E-state index < -0.39 is 34.1 Å². The molecule has 2 N–H and O–H groups in total. The second-order valence-corrected chi connectivity index (χ2v) is 5.40. The van der Waals surface area contributed by atoms with E-state index in [1.54, 1.807) is 5.32 Å². The van der Waals surface area contributed by atoms with Crippen LogP contribution in [0.5, 0.6) is 0 Å². The molecule has 2 rings (SSSR count). The summed E-state index contributed by atoms with van der Waals surface area (Å²) in [5, 5.41) is 21.4. The number of benzene rings is 1. The molecule has 0 spiro atoms. The zero-order chi connectivity index (χ0) is 17.4. The van der Waals surface area contributed by atoms with Crippen LogP contribution < -0.4 is 10.2 Å². The molecule has 0 aromatic heterocycles. The fourth-order valence-electron chi connectivity index (χ4n) is 2.27. The Morgan fingerprint density at radius 1 is 1.48 bits per heavy atom. The van der Waals surface area contributed by atoms with Crippen molar-refractivity contribution >= 4 is 23.2 Å². The predicted molar refractivity (Wildman–Crippen MR) is 75.7 cm³/mol. The molecule has 10 heteroatoms. The summed E-state index contributed by atoms with van der Waals surface area (Å²) in [7, 11) is 1.44. The molecule has 0 bridgehead atoms. The second-order valence-electron chi connectivity index (χ2n) is 5.40. The summed E-state index contributed by atoms with van der Waals surface area (Å²) in [5.74, 6) is 0.284. The van der Waals surface area contributed by atoms with Crippen molar-refractivity contribution in [2.45, 2.75) is 19.0 Å². The summed E-state index contributed by atoms with van der Waals surface area (Å²) in [6.45, 7) is 0.368. The Kier molecular flexibility index (Phi) is 4.35. The quantitative estimate of drug-likeness (QED) is 0.634. The van der Waals surface area contributed by atoms with Crippen LogP contribution in [0.1, 0.15) is 18.4 Å². The maximum atomic E-state index is 13.2. The Morgan fingerprint density at radius 2 is 2.09 bits per heavy atom. The molecule has 1 aliphatic rings. The molecule has 1 aliphatic carbocycles. The molecule has 7 nitrogen and oxygen atoms in total. The van der Waals surface area contributed by atoms with Gasteiger partial charge in [-0.05, 0) is 24.8 Å². The van der Waals surface area contributed by atoms with Crippen LogP contribution in [-0.2, 0) is 6.18 Å². The van der Waals surface area contributed by atoms with Crippen LogP contribution in [0.2, 0.25) is 0 Å². The molecule has 1 saturated carbocycles. The number of amides is 1. The lowest BCUT2D eigenvalue weighted by molar-refractivity contribution is -0.384. The molecule has 0 aliphatic heterocycles. The van der Waals surface area contributed by atoms with Crippen LogP contribution in [0.3, 0.4) is 0 Å². The van der Waals surface area contributed by atoms with E-state index in [0.29, 0.717) is 12.6 Å². The standard InChI is InChI=1S/C13H14F3N3O4/c1-18(6-7-2-3-7)10-5-9(17-12(20)21)11(19(22)23)4-8(10)13(14,15)16/h4-5,7,17H,2-3,6H2,1H3,(H,20,21). The lowest BCUT2D eigenvalue weighted by Gasteiger charge is -2.24. The average molecular weight is 333 g/mol. The number of alkyl halides is 3. The first-order valence-electron chi connectivity index (χ1n) is 6.70. The van der Waals surface area contributed by atoms with Crippen molar-refractivity contribution in [2.24, 2.45) is 5.92 Å². The Balaban J connectivity index is 2.55. The van der Waals surface area contributed by atoms with Gasteiger partial charge >= 0.3 is 12.3 Å². The van der Waals surface area contributed by atoms with Gasteiger partial charge in [0.25, 0.3) is 5.69 Å². The van der Waals surface area contributed by atoms with Crippen molar-refractivity contribution in [1.29, 1.82) is 0 Å². The van der Waals surface area contributed by atoms with Crippen molar-refractivity contribution in [2.75, 3.05) is 23.8 Å². The average Bonchev–Trinajstić information content (AvgIpc) is 3.19. The van der Waals surface area contributed by atoms with E-state index in [0.717, 1.165) is 18.9 Å². The third-order valence-electron chi connectivity index (χ3n) is 3.50. The van der Waals surface area contributed by atoms with Gasteiger partial charge in [0.1, 0.15) is 5.69 Å². The molecule has 126 valence electrons. The van der Waals surface area contributed by atoms with Crippen molar-refractivity contribution in [3.05, 3.63) is 27.8 Å². The smallest absolute Gasteiger partial charge is 0.418 e. The molecule has 0 heterocycles. The van der Waals surface area contributed by atoms with E-state index in [-0.39, 0.29) is 11.6 Å². The highest BCUT2D eigenvalue weighted by Gasteiger charge is 2.38. The lowest BCUT2D eigenvalue weighted by atomic mass is 10.1. The molecular formula is C13H14F3N3O4. The third kappa shape index (κ3) is 4.02. The molecule has 0 radical (unpaired) electrons. The van der Waals surface area contributed by atoms with Crippen LogP contribution in [0.15, 0.2) is 12.1 Å². The number of carboxylic acid groups (broad SMARTS) is 1. The molecule has 1 aromatic rings. The highest BCUT2D eigenvalue weighted by Crippen LogP contribution is 2.43. The molecule has 0 atom stereocenters. The minimum Gasteiger partial charge on any atom is -0.465 e. The van der Waals surface area contributed by atoms with Crippen molar-refractivity contribution < 1.29 is 28.0 Å². The maximum absolute atomic E-state index is 13.2. The first kappa shape index (κ1) is 16.8. The largest absolute Gasteiger partial charge is 0.465 e. The summed E-state index contributed by atoms with van der Waals surface area (Å²) in [6, 6.07) is 1.22. The number of anilines is 2. The Morgan fingerprint density at radius 3 is 2.52 bits per heavy atom. The molecule has 1 aromatic carbocycles. The van der Waals surface area contributed by atoms with Crippen molar-refractivity contribution in [3.63, 3.8) is 0 Å². The Labute approximate surface area is 128 Å². The fourth-order valence-corrected chi connectivity index (χ4v) is 2.27. The van der Waals surface area contributed by atoms with E-state index in [2.05, 4.69) is 0 Å². The van der Waals surface area contributed by atoms with Crippen LogP contribution in [0, 0.1) is 16.0 Å². The van der Waals surface area contributed by atoms with E-state index >= 15 is 0 Å². The summed E-state index contributed by atoms with van der Waals surface area (Å²) < 4.78 is 39.6. The van der Waals surface area contributed by atoms with Crippen molar-refractivity contribution in [3.8, 4) is 0 Å². The van der Waals surface area contributed by atoms with Gasteiger partial charge < -0.3 is 10.0 Å². The molecule has 1 fully saturated rings. The van der Waals surface area contributed by atoms with E-state index in [4.69, 9.17) is 5.11 Å². The van der Waals surface area contributed by atoms with Gasteiger partial charge in [0.05, 0.1) is 16.2 Å². The van der Waals surface area contributed by atoms with Gasteiger partial charge in [-0.25, -0.2) is 4.79 Å². The molecule has 23 heavy (non-hydrogen) atoms. The number of hydrogen-bond acceptors (Lipinski definition) is 4. The van der Waals surface area contributed by atoms with Crippen LogP contribution in [-0.4, -0.2) is 29.7 Å². The number of rotatable bonds is 5. The minimum atomic E-state index is -4.79. The number of nitro groups is 1. The fraction of sp³-hybridized carbons (Fsp3) is 0.462. The van der Waals surface area contributed by atoms with Gasteiger partial charge in [-0.2, -0.15) is 13.2 Å². The normalized spacial score (nSPS) is 14.4. The number of nitro benzene ring substituents is 1. The van der Waals surface area contributed by atoms with Gasteiger partial charge in [0.2, 0.25) is 0 Å². The van der Waals surface area contributed by atoms with Gasteiger partial charge in [-0.1, -0.05) is 0 Å². The first-order valence-corrected chi connectivity index (χ1v) is 6.70. The molecule has 0 saturated heterocycles. The zero-order valence-electron chi connectivity index (χ0n) is 12.1. The number of hydrogen-bond donors (Lipinski definition) is 2. The Bertz CT molecular complexity index is 644. The second kappa shape index (κ2) is 5.94. The highest BCUT2D eigenvalue weighted by molar-refractivity contribution is 5.88. The summed E-state index contributed by atoms with van der Waals surface area (Å²) in [4.78, 5) is 22.0. The monoisotopic (exact) mass is 333 g/mol. The van der Waals surface area contributed by atoms with E-state index in [9.17, 15) is 28.1 Å². The van der Waals surface area contributed by atoms with Gasteiger partial charge in [-0.3, -0.25) is 15.4 Å². The van der Waals surface area contributed by atoms with Gasteiger partial charge in [0.15, 0.2) is 0 Å². The van der Waals surface area contributed by atoms with Crippen LogP contribution >= 0.6 is 0 Å². The van der Waals surface area contributed by atoms with Crippen molar-refractivity contribution in [1.82, 2.24) is 0 Å². The van der Waals surface area contributed by atoms with E-state index in [1.807, 2.05) is 0 Å². The van der Waals surface area contributed by atoms with E-state index in [1.165, 1.54) is 11.9 Å². The van der Waals surface area contributed by atoms with Gasteiger partial charge in [0, 0.05) is 19.7 Å². The predicted octanol–water partition coefficient (Wildman–Crippen LogP) is 3.55. The summed E-state index contributed by atoms with van der Waals surface area (Å²) in [5.41, 5.74) is -2.89. The highest BCUT2D eigenvalue weighted by atomic mass is 19.4. The summed E-state index contributed by atoms with van der Waals surface area (Å²) in [6.07, 6.45) is -4.55. The van der Waals surface area contributed by atoms with Gasteiger partial charge in [-0.15, -0.1) is 0 Å². The van der Waals surface area contributed by atoms with Crippen LogP contribution in [0.25, 0.3) is 0 Å². The topological polar surface area (TPSA) is 95.7 Å².